The smallest absolute Gasteiger partial charge is 0.321 e. The molecule has 0 radical (unpaired) electrons. The number of nitrogens with zero attached hydrogens (tertiary/aromatic N) is 2. The van der Waals surface area contributed by atoms with E-state index in [-0.39, 0.29) is 18.7 Å². The Hall–Kier alpha value is -2.94. The van der Waals surface area contributed by atoms with Crippen LogP contribution in [0.1, 0.15) is 31.2 Å². The number of nitrogens with one attached hydrogen (secondary N) is 1. The average molecular weight is 374 g/mol. The zero-order chi connectivity index (χ0) is 19.4. The summed E-state index contributed by atoms with van der Waals surface area (Å²) in [6.07, 6.45) is 0.157. The molecule has 9 nitrogen and oxygen atoms in total. The highest BCUT2D eigenvalue weighted by atomic mass is 16.7. The van der Waals surface area contributed by atoms with Gasteiger partial charge in [-0.1, -0.05) is 30.3 Å². The molecule has 0 aliphatic carbocycles. The molecule has 0 saturated carbocycles. The van der Waals surface area contributed by atoms with Crippen molar-refractivity contribution in [2.45, 2.75) is 44.3 Å². The van der Waals surface area contributed by atoms with Crippen LogP contribution in [0, 0.1) is 0 Å². The van der Waals surface area contributed by atoms with Gasteiger partial charge in [0.2, 0.25) is 5.91 Å². The number of hydrogen-bond donors (Lipinski definition) is 2. The van der Waals surface area contributed by atoms with Crippen LogP contribution in [0.2, 0.25) is 0 Å². The molecule has 9 heteroatoms. The maximum atomic E-state index is 12.7. The third-order valence-corrected chi connectivity index (χ3v) is 4.62. The van der Waals surface area contributed by atoms with Gasteiger partial charge in [0, 0.05) is 19.4 Å². The minimum Gasteiger partial charge on any atom is -0.321 e. The number of nitrogens with two attached hydrogens (primary N) is 1. The molecule has 2 aliphatic rings. The van der Waals surface area contributed by atoms with Crippen LogP contribution in [0.25, 0.3) is 0 Å². The van der Waals surface area contributed by atoms with Crippen LogP contribution in [-0.4, -0.2) is 52.5 Å². The standard InChI is InChI=1S/C18H22N4O5/c19-13(11-12-5-2-1-3-6-12)17(25)21-10-4-7-14(21)20-18(26)27-22-15(23)8-9-16(22)24/h1-3,5-6,13-14H,4,7-11,19H2,(H,20,26)/t13-,14?/m0/s1. The highest BCUT2D eigenvalue weighted by Crippen LogP contribution is 2.18. The summed E-state index contributed by atoms with van der Waals surface area (Å²) in [5, 5.41) is 3.01. The Labute approximate surface area is 156 Å². The van der Waals surface area contributed by atoms with Crippen molar-refractivity contribution in [2.75, 3.05) is 6.54 Å². The zero-order valence-electron chi connectivity index (χ0n) is 14.8. The van der Waals surface area contributed by atoms with E-state index in [1.165, 1.54) is 4.90 Å². The van der Waals surface area contributed by atoms with Gasteiger partial charge >= 0.3 is 6.09 Å². The van der Waals surface area contributed by atoms with Crippen LogP contribution in [0.5, 0.6) is 0 Å². The largest absolute Gasteiger partial charge is 0.433 e. The first-order chi connectivity index (χ1) is 13.0. The Kier molecular flexibility index (Phi) is 5.70. The van der Waals surface area contributed by atoms with Crippen molar-refractivity contribution in [2.24, 2.45) is 5.73 Å². The summed E-state index contributed by atoms with van der Waals surface area (Å²) in [6, 6.07) is 8.71. The van der Waals surface area contributed by atoms with Crippen LogP contribution >= 0.6 is 0 Å². The quantitative estimate of drug-likeness (QED) is 0.715. The predicted molar refractivity (Wildman–Crippen MR) is 93.6 cm³/mol. The van der Waals surface area contributed by atoms with Crippen molar-refractivity contribution in [1.82, 2.24) is 15.3 Å². The average Bonchev–Trinajstić information content (AvgIpc) is 3.23. The first-order valence-corrected chi connectivity index (χ1v) is 8.90. The number of carbonyl (C=O) groups is 4. The van der Waals surface area contributed by atoms with Crippen molar-refractivity contribution in [1.29, 1.82) is 0 Å². The van der Waals surface area contributed by atoms with Gasteiger partial charge in [0.05, 0.1) is 6.04 Å². The van der Waals surface area contributed by atoms with Crippen LogP contribution in [0.15, 0.2) is 30.3 Å². The molecular formula is C18H22N4O5. The number of hydrogen-bond acceptors (Lipinski definition) is 6. The lowest BCUT2D eigenvalue weighted by molar-refractivity contribution is -0.172. The molecule has 0 aromatic heterocycles. The summed E-state index contributed by atoms with van der Waals surface area (Å²) in [7, 11) is 0. The van der Waals surface area contributed by atoms with Crippen LogP contribution in [0.3, 0.4) is 0 Å². The number of amides is 4. The molecule has 2 atom stereocenters. The minimum atomic E-state index is -0.945. The number of hydroxylamine groups is 2. The molecule has 2 fully saturated rings. The third kappa shape index (κ3) is 4.43. The highest BCUT2D eigenvalue weighted by molar-refractivity contribution is 6.01. The highest BCUT2D eigenvalue weighted by Gasteiger charge is 2.36. The van der Waals surface area contributed by atoms with Gasteiger partial charge in [-0.2, -0.15) is 0 Å². The molecular weight excluding hydrogens is 352 g/mol. The summed E-state index contributed by atoms with van der Waals surface area (Å²) in [6.45, 7) is 0.466. The lowest BCUT2D eigenvalue weighted by atomic mass is 10.1. The molecule has 144 valence electrons. The van der Waals surface area contributed by atoms with Crippen molar-refractivity contribution in [3.63, 3.8) is 0 Å². The van der Waals surface area contributed by atoms with Gasteiger partial charge in [-0.25, -0.2) is 4.79 Å². The monoisotopic (exact) mass is 374 g/mol. The molecule has 2 heterocycles. The SMILES string of the molecule is N[C@@H](Cc1ccccc1)C(=O)N1CCCC1NC(=O)ON1C(=O)CCC1=O. The van der Waals surface area contributed by atoms with E-state index in [1.807, 2.05) is 30.3 Å². The molecule has 3 N–H and O–H groups in total. The number of benzene rings is 1. The lowest BCUT2D eigenvalue weighted by Crippen LogP contribution is -2.53. The Morgan fingerprint density at radius 1 is 1.19 bits per heavy atom. The number of likely N-dealkylation sites (tertiary alicyclic amines) is 1. The van der Waals surface area contributed by atoms with E-state index in [0.717, 1.165) is 5.56 Å². The van der Waals surface area contributed by atoms with E-state index >= 15 is 0 Å². The van der Waals surface area contributed by atoms with Gasteiger partial charge in [-0.3, -0.25) is 19.7 Å². The molecule has 1 unspecified atom stereocenters. The zero-order valence-corrected chi connectivity index (χ0v) is 14.8. The predicted octanol–water partition coefficient (Wildman–Crippen LogP) is 0.295. The second kappa shape index (κ2) is 8.17. The second-order valence-electron chi connectivity index (χ2n) is 6.59. The maximum Gasteiger partial charge on any atom is 0.433 e. The van der Waals surface area contributed by atoms with Gasteiger partial charge in [0.15, 0.2) is 0 Å². The lowest BCUT2D eigenvalue weighted by Gasteiger charge is -2.28. The first-order valence-electron chi connectivity index (χ1n) is 8.90. The van der Waals surface area contributed by atoms with E-state index in [0.29, 0.717) is 30.9 Å². The third-order valence-electron chi connectivity index (χ3n) is 4.62. The molecule has 4 amide bonds. The summed E-state index contributed by atoms with van der Waals surface area (Å²) in [5.74, 6) is -1.38. The van der Waals surface area contributed by atoms with Crippen molar-refractivity contribution >= 4 is 23.8 Å². The van der Waals surface area contributed by atoms with Crippen molar-refractivity contribution in [3.05, 3.63) is 35.9 Å². The maximum absolute atomic E-state index is 12.7. The van der Waals surface area contributed by atoms with Crippen molar-refractivity contribution < 1.29 is 24.0 Å². The van der Waals surface area contributed by atoms with E-state index < -0.39 is 30.1 Å². The fourth-order valence-corrected chi connectivity index (χ4v) is 3.25. The summed E-state index contributed by atoms with van der Waals surface area (Å²) >= 11 is 0. The fourth-order valence-electron chi connectivity index (χ4n) is 3.25. The summed E-state index contributed by atoms with van der Waals surface area (Å²) < 4.78 is 0. The van der Waals surface area contributed by atoms with Gasteiger partial charge in [-0.15, -0.1) is 5.06 Å². The summed E-state index contributed by atoms with van der Waals surface area (Å²) in [5.41, 5.74) is 7.01. The molecule has 3 rings (SSSR count). The Morgan fingerprint density at radius 2 is 1.85 bits per heavy atom. The minimum absolute atomic E-state index is 0.0223. The molecule has 27 heavy (non-hydrogen) atoms. The number of imide groups is 1. The second-order valence-corrected chi connectivity index (χ2v) is 6.59. The van der Waals surface area contributed by atoms with Crippen LogP contribution in [-0.2, 0) is 25.6 Å². The van der Waals surface area contributed by atoms with Gasteiger partial charge < -0.3 is 15.5 Å². The van der Waals surface area contributed by atoms with Gasteiger partial charge in [-0.05, 0) is 24.8 Å². The molecule has 2 aliphatic heterocycles. The Balaban J connectivity index is 1.56. The van der Waals surface area contributed by atoms with Crippen LogP contribution in [0.4, 0.5) is 4.79 Å². The molecule has 1 aromatic carbocycles. The number of rotatable bonds is 5. The Morgan fingerprint density at radius 3 is 2.52 bits per heavy atom. The van der Waals surface area contributed by atoms with Crippen LogP contribution < -0.4 is 11.1 Å². The van der Waals surface area contributed by atoms with Crippen molar-refractivity contribution in [3.8, 4) is 0 Å². The van der Waals surface area contributed by atoms with E-state index in [9.17, 15) is 19.2 Å². The van der Waals surface area contributed by atoms with Gasteiger partial charge in [0.1, 0.15) is 6.17 Å². The number of carbonyl (C=O) groups excluding carboxylic acids is 4. The molecule has 1 aromatic rings. The molecule has 0 spiro atoms. The fraction of sp³-hybridized carbons (Fsp3) is 0.444. The van der Waals surface area contributed by atoms with E-state index in [1.54, 1.807) is 0 Å². The van der Waals surface area contributed by atoms with Gasteiger partial charge in [0.25, 0.3) is 11.8 Å². The summed E-state index contributed by atoms with van der Waals surface area (Å²) in [4.78, 5) is 54.0. The molecule has 2 saturated heterocycles. The van der Waals surface area contributed by atoms with E-state index in [4.69, 9.17) is 10.6 Å². The van der Waals surface area contributed by atoms with E-state index in [2.05, 4.69) is 5.32 Å². The topological polar surface area (TPSA) is 122 Å². The normalized spacial score (nSPS) is 20.7. The first kappa shape index (κ1) is 18.8. The molecule has 0 bridgehead atoms. The Bertz CT molecular complexity index is 723.